The van der Waals surface area contributed by atoms with Crippen molar-refractivity contribution in [1.29, 1.82) is 0 Å². The monoisotopic (exact) mass is 332 g/mol. The van der Waals surface area contributed by atoms with Gasteiger partial charge in [0.05, 0.1) is 33.7 Å². The summed E-state index contributed by atoms with van der Waals surface area (Å²) in [5.74, 6) is -0.237. The molecule has 3 aromatic heterocycles. The third kappa shape index (κ3) is 2.11. The van der Waals surface area contributed by atoms with Crippen molar-refractivity contribution in [2.45, 2.75) is 0 Å². The van der Waals surface area contributed by atoms with E-state index in [0.29, 0.717) is 10.3 Å². The number of oxazole rings is 1. The summed E-state index contributed by atoms with van der Waals surface area (Å²) in [7, 11) is 1.59. The van der Waals surface area contributed by atoms with Crippen molar-refractivity contribution in [3.63, 3.8) is 0 Å². The number of carbonyl (C=O) groups is 1. The predicted molar refractivity (Wildman–Crippen MR) is 83.8 cm³/mol. The van der Waals surface area contributed by atoms with E-state index >= 15 is 0 Å². The smallest absolute Gasteiger partial charge is 0.294 e. The number of hydrogen-bond donors (Lipinski definition) is 1. The lowest BCUT2D eigenvalue weighted by molar-refractivity contribution is 0.0996. The molecule has 1 aromatic carbocycles. The first kappa shape index (κ1) is 13.2. The molecule has 0 saturated carbocycles. The molecule has 7 nitrogen and oxygen atoms in total. The third-order valence-electron chi connectivity index (χ3n) is 2.94. The fourth-order valence-corrected chi connectivity index (χ4v) is 3.94. The first-order chi connectivity index (χ1) is 10.7. The van der Waals surface area contributed by atoms with Crippen LogP contribution in [0.3, 0.4) is 0 Å². The Morgan fingerprint density at radius 1 is 1.23 bits per heavy atom. The number of carbonyl (C=O) groups excluding carboxylic acids is 1. The average Bonchev–Trinajstić information content (AvgIpc) is 3.24. The number of aromatic nitrogens is 3. The molecule has 3 heterocycles. The number of nitrogens with zero attached hydrogens (tertiary/aromatic N) is 3. The summed E-state index contributed by atoms with van der Waals surface area (Å²) in [6.45, 7) is 0. The quantitative estimate of drug-likeness (QED) is 0.620. The second-order valence-electron chi connectivity index (χ2n) is 4.28. The van der Waals surface area contributed by atoms with Crippen molar-refractivity contribution >= 4 is 54.1 Å². The second kappa shape index (κ2) is 5.04. The lowest BCUT2D eigenvalue weighted by atomic mass is 10.3. The van der Waals surface area contributed by atoms with Crippen LogP contribution in [0.5, 0.6) is 5.19 Å². The Labute approximate surface area is 131 Å². The maximum absolute atomic E-state index is 12.0. The van der Waals surface area contributed by atoms with Crippen LogP contribution in [-0.4, -0.2) is 28.0 Å². The highest BCUT2D eigenvalue weighted by atomic mass is 32.1. The molecule has 4 rings (SSSR count). The van der Waals surface area contributed by atoms with E-state index in [2.05, 4.69) is 20.3 Å². The minimum Gasteiger partial charge on any atom is -0.473 e. The van der Waals surface area contributed by atoms with Crippen LogP contribution in [0.2, 0.25) is 0 Å². The average molecular weight is 332 g/mol. The van der Waals surface area contributed by atoms with Crippen LogP contribution in [0.1, 0.15) is 10.6 Å². The van der Waals surface area contributed by atoms with Gasteiger partial charge in [-0.2, -0.15) is 0 Å². The zero-order chi connectivity index (χ0) is 15.1. The van der Waals surface area contributed by atoms with Crippen molar-refractivity contribution in [1.82, 2.24) is 15.0 Å². The van der Waals surface area contributed by atoms with Crippen LogP contribution in [-0.2, 0) is 0 Å². The van der Waals surface area contributed by atoms with Gasteiger partial charge in [0.15, 0.2) is 11.5 Å². The summed E-state index contributed by atoms with van der Waals surface area (Å²) in [5.41, 5.74) is 1.66. The van der Waals surface area contributed by atoms with Crippen LogP contribution >= 0.6 is 22.7 Å². The third-order valence-corrected chi connectivity index (χ3v) is 5.13. The zero-order valence-electron chi connectivity index (χ0n) is 11.2. The zero-order valence-corrected chi connectivity index (χ0v) is 12.8. The van der Waals surface area contributed by atoms with E-state index in [4.69, 9.17) is 9.15 Å². The van der Waals surface area contributed by atoms with Gasteiger partial charge in [0, 0.05) is 0 Å². The van der Waals surface area contributed by atoms with E-state index in [1.165, 1.54) is 35.3 Å². The van der Waals surface area contributed by atoms with Crippen LogP contribution in [0.4, 0.5) is 5.13 Å². The SMILES string of the molecule is COc1nc2ccc3nc(NC(=O)c4cnco4)sc3c2s1. The fourth-order valence-electron chi connectivity index (χ4n) is 1.98. The van der Waals surface area contributed by atoms with Gasteiger partial charge in [0.2, 0.25) is 5.76 Å². The molecule has 0 bridgehead atoms. The highest BCUT2D eigenvalue weighted by Gasteiger charge is 2.15. The summed E-state index contributed by atoms with van der Waals surface area (Å²) in [4.78, 5) is 24.4. The fraction of sp³-hybridized carbons (Fsp3) is 0.0769. The summed E-state index contributed by atoms with van der Waals surface area (Å²) >= 11 is 2.84. The number of thiazole rings is 2. The molecule has 1 amide bonds. The molecule has 1 N–H and O–H groups in total. The van der Waals surface area contributed by atoms with Crippen LogP contribution in [0.15, 0.2) is 29.1 Å². The Bertz CT molecular complexity index is 974. The van der Waals surface area contributed by atoms with Crippen molar-refractivity contribution in [3.05, 3.63) is 30.5 Å². The first-order valence-electron chi connectivity index (χ1n) is 6.18. The van der Waals surface area contributed by atoms with Crippen LogP contribution < -0.4 is 10.1 Å². The number of methoxy groups -OCH3 is 1. The lowest BCUT2D eigenvalue weighted by Crippen LogP contribution is -2.10. The molecule has 22 heavy (non-hydrogen) atoms. The summed E-state index contributed by atoms with van der Waals surface area (Å²) < 4.78 is 12.1. The van der Waals surface area contributed by atoms with E-state index in [1.807, 2.05) is 12.1 Å². The Morgan fingerprint density at radius 2 is 2.00 bits per heavy atom. The van der Waals surface area contributed by atoms with E-state index in [-0.39, 0.29) is 11.7 Å². The predicted octanol–water partition coefficient (Wildman–Crippen LogP) is 3.15. The number of anilines is 1. The Hall–Kier alpha value is -2.52. The minimum absolute atomic E-state index is 0.142. The van der Waals surface area contributed by atoms with Gasteiger partial charge in [0.25, 0.3) is 11.1 Å². The van der Waals surface area contributed by atoms with Crippen molar-refractivity contribution < 1.29 is 13.9 Å². The van der Waals surface area contributed by atoms with Gasteiger partial charge in [-0.05, 0) is 12.1 Å². The molecule has 0 unspecified atom stereocenters. The summed E-state index contributed by atoms with van der Waals surface area (Å²) in [5, 5.41) is 3.80. The van der Waals surface area contributed by atoms with E-state index in [1.54, 1.807) is 7.11 Å². The van der Waals surface area contributed by atoms with Gasteiger partial charge < -0.3 is 9.15 Å². The molecule has 0 aliphatic carbocycles. The molecule has 0 aliphatic heterocycles. The molecule has 0 saturated heterocycles. The molecule has 9 heteroatoms. The first-order valence-corrected chi connectivity index (χ1v) is 7.82. The van der Waals surface area contributed by atoms with Gasteiger partial charge in [-0.25, -0.2) is 15.0 Å². The van der Waals surface area contributed by atoms with E-state index in [0.717, 1.165) is 20.4 Å². The Kier molecular flexibility index (Phi) is 3.01. The van der Waals surface area contributed by atoms with Gasteiger partial charge in [-0.15, -0.1) is 0 Å². The molecular formula is C13H8N4O3S2. The van der Waals surface area contributed by atoms with Gasteiger partial charge in [0.1, 0.15) is 0 Å². The second-order valence-corrected chi connectivity index (χ2v) is 6.25. The number of benzene rings is 1. The molecule has 0 fully saturated rings. The maximum Gasteiger partial charge on any atom is 0.294 e. The highest BCUT2D eigenvalue weighted by Crippen LogP contribution is 2.38. The number of amides is 1. The molecule has 0 radical (unpaired) electrons. The molecule has 0 atom stereocenters. The maximum atomic E-state index is 12.0. The molecular weight excluding hydrogens is 324 g/mol. The van der Waals surface area contributed by atoms with E-state index < -0.39 is 0 Å². The number of ether oxygens (including phenoxy) is 1. The van der Waals surface area contributed by atoms with Crippen molar-refractivity contribution in [2.24, 2.45) is 0 Å². The largest absolute Gasteiger partial charge is 0.473 e. The highest BCUT2D eigenvalue weighted by molar-refractivity contribution is 7.29. The molecule has 4 aromatic rings. The molecule has 0 aliphatic rings. The van der Waals surface area contributed by atoms with E-state index in [9.17, 15) is 4.79 Å². The minimum atomic E-state index is -0.380. The van der Waals surface area contributed by atoms with Crippen LogP contribution in [0, 0.1) is 0 Å². The van der Waals surface area contributed by atoms with Crippen LogP contribution in [0.25, 0.3) is 20.4 Å². The van der Waals surface area contributed by atoms with Gasteiger partial charge >= 0.3 is 0 Å². The number of nitrogens with one attached hydrogen (secondary N) is 1. The molecule has 110 valence electrons. The van der Waals surface area contributed by atoms with Crippen molar-refractivity contribution in [3.8, 4) is 5.19 Å². The lowest BCUT2D eigenvalue weighted by Gasteiger charge is -1.95. The number of fused-ring (bicyclic) bond motifs is 3. The van der Waals surface area contributed by atoms with Gasteiger partial charge in [-0.1, -0.05) is 22.7 Å². The summed E-state index contributed by atoms with van der Waals surface area (Å²) in [6.07, 6.45) is 2.56. The summed E-state index contributed by atoms with van der Waals surface area (Å²) in [6, 6.07) is 3.76. The number of hydrogen-bond acceptors (Lipinski definition) is 8. The topological polar surface area (TPSA) is 90.1 Å². The normalized spacial score (nSPS) is 11.1. The Morgan fingerprint density at radius 3 is 2.73 bits per heavy atom. The standard InChI is InChI=1S/C13H8N4O3S2/c1-19-13-16-7-3-2-6-9(10(7)22-13)21-12(15-6)17-11(18)8-4-14-5-20-8/h2-5H,1H3,(H,15,17,18). The van der Waals surface area contributed by atoms with Gasteiger partial charge in [-0.3, -0.25) is 10.1 Å². The molecule has 0 spiro atoms. The van der Waals surface area contributed by atoms with Crippen molar-refractivity contribution in [2.75, 3.05) is 12.4 Å². The Balaban J connectivity index is 1.75. The number of rotatable bonds is 3.